The molecule has 0 atom stereocenters. The monoisotopic (exact) mass is 491 g/mol. The van der Waals surface area contributed by atoms with E-state index in [0.717, 1.165) is 11.4 Å². The first-order chi connectivity index (χ1) is 16.9. The molecule has 3 aromatic heterocycles. The second-order valence-electron chi connectivity index (χ2n) is 11.1. The van der Waals surface area contributed by atoms with Gasteiger partial charge in [-0.2, -0.15) is 0 Å². The first-order valence-corrected chi connectivity index (χ1v) is 13.4. The number of nitrogens with zero attached hydrogens (tertiary/aromatic N) is 5. The topological polar surface area (TPSA) is 64.5 Å². The summed E-state index contributed by atoms with van der Waals surface area (Å²) in [5.41, 5.74) is 7.34. The highest BCUT2D eigenvalue weighted by Crippen LogP contribution is 2.24. The quantitative estimate of drug-likeness (QED) is 0.345. The first-order valence-electron chi connectivity index (χ1n) is 13.4. The Bertz CT molecular complexity index is 810. The maximum Gasteiger partial charge on any atom is 0.115 e. The van der Waals surface area contributed by atoms with Crippen LogP contribution in [-0.2, 0) is 0 Å². The van der Waals surface area contributed by atoms with Gasteiger partial charge in [-0.25, -0.2) is 9.97 Å². The maximum absolute atomic E-state index is 4.40. The average Bonchev–Trinajstić information content (AvgIpc) is 2.84. The standard InChI is InChI=1S/C11H17N.2C10H16N2/c1-8(2)10-6-5-7-12-11(10)9(3)4;1-7(2)9-5-11-6-12-10(9)8(3)4;1-7(2)9-10(8(3)4)12-6-5-11-9/h5-9H,1-4H3;2*5-8H,1-4H3. The third kappa shape index (κ3) is 9.75. The summed E-state index contributed by atoms with van der Waals surface area (Å²) in [7, 11) is 0. The molecule has 0 bridgehead atoms. The van der Waals surface area contributed by atoms with E-state index in [1.807, 2.05) is 18.5 Å². The number of pyridine rings is 1. The summed E-state index contributed by atoms with van der Waals surface area (Å²) in [6.45, 7) is 26.1. The fraction of sp³-hybridized carbons (Fsp3) is 0.581. The third-order valence-electron chi connectivity index (χ3n) is 5.83. The van der Waals surface area contributed by atoms with Gasteiger partial charge in [-0.15, -0.1) is 0 Å². The van der Waals surface area contributed by atoms with Crippen LogP contribution in [0.2, 0.25) is 0 Å². The molecule has 0 fully saturated rings. The summed E-state index contributed by atoms with van der Waals surface area (Å²) < 4.78 is 0. The average molecular weight is 492 g/mol. The van der Waals surface area contributed by atoms with Crippen LogP contribution in [-0.4, -0.2) is 24.9 Å². The van der Waals surface area contributed by atoms with Crippen LogP contribution in [0.3, 0.4) is 0 Å². The van der Waals surface area contributed by atoms with Gasteiger partial charge in [0.15, 0.2) is 0 Å². The molecule has 3 heterocycles. The molecule has 0 N–H and O–H groups in total. The fourth-order valence-electron chi connectivity index (χ4n) is 3.93. The van der Waals surface area contributed by atoms with Crippen LogP contribution in [0.1, 0.15) is 152 Å². The van der Waals surface area contributed by atoms with Gasteiger partial charge < -0.3 is 0 Å². The summed E-state index contributed by atoms with van der Waals surface area (Å²) in [5.74, 6) is 3.06. The Kier molecular flexibility index (Phi) is 13.4. The van der Waals surface area contributed by atoms with Crippen molar-refractivity contribution >= 4 is 0 Å². The summed E-state index contributed by atoms with van der Waals surface area (Å²) >= 11 is 0. The second kappa shape index (κ2) is 15.4. The summed E-state index contributed by atoms with van der Waals surface area (Å²) in [4.78, 5) is 21.4. The first kappa shape index (κ1) is 31.3. The van der Waals surface area contributed by atoms with Crippen LogP contribution in [0.5, 0.6) is 0 Å². The smallest absolute Gasteiger partial charge is 0.115 e. The summed E-state index contributed by atoms with van der Waals surface area (Å²) in [6, 6.07) is 4.19. The van der Waals surface area contributed by atoms with E-state index in [0.29, 0.717) is 35.5 Å². The molecule has 0 aliphatic carbocycles. The van der Waals surface area contributed by atoms with Crippen LogP contribution >= 0.6 is 0 Å². The number of aromatic nitrogens is 5. The minimum absolute atomic E-state index is 0.469. The van der Waals surface area contributed by atoms with Crippen LogP contribution in [0, 0.1) is 0 Å². The lowest BCUT2D eigenvalue weighted by atomic mass is 9.96. The fourth-order valence-corrected chi connectivity index (χ4v) is 3.93. The van der Waals surface area contributed by atoms with Crippen molar-refractivity contribution < 1.29 is 0 Å². The molecule has 5 heteroatoms. The minimum Gasteiger partial charge on any atom is -0.261 e. The van der Waals surface area contributed by atoms with Crippen molar-refractivity contribution in [2.24, 2.45) is 0 Å². The molecule has 198 valence electrons. The SMILES string of the molecule is CC(C)c1cccnc1C(C)C.CC(C)c1cncnc1C(C)C.CC(C)c1nccnc1C(C)C. The molecule has 0 spiro atoms. The summed E-state index contributed by atoms with van der Waals surface area (Å²) in [6.07, 6.45) is 8.96. The molecule has 5 nitrogen and oxygen atoms in total. The zero-order valence-corrected chi connectivity index (χ0v) is 24.7. The predicted octanol–water partition coefficient (Wildman–Crippen LogP) is 8.78. The second-order valence-corrected chi connectivity index (χ2v) is 11.1. The van der Waals surface area contributed by atoms with Crippen molar-refractivity contribution in [1.29, 1.82) is 0 Å². The van der Waals surface area contributed by atoms with E-state index < -0.39 is 0 Å². The van der Waals surface area contributed by atoms with E-state index in [4.69, 9.17) is 0 Å². The van der Waals surface area contributed by atoms with Gasteiger partial charge in [-0.05, 0) is 52.7 Å². The highest BCUT2D eigenvalue weighted by Gasteiger charge is 2.12. The Morgan fingerprint density at radius 1 is 0.444 bits per heavy atom. The van der Waals surface area contributed by atoms with E-state index in [9.17, 15) is 0 Å². The van der Waals surface area contributed by atoms with Crippen molar-refractivity contribution in [3.8, 4) is 0 Å². The number of hydrogen-bond acceptors (Lipinski definition) is 5. The predicted molar refractivity (Wildman–Crippen MR) is 153 cm³/mol. The molecule has 3 aromatic rings. The van der Waals surface area contributed by atoms with E-state index in [-0.39, 0.29) is 0 Å². The van der Waals surface area contributed by atoms with E-state index in [1.54, 1.807) is 18.7 Å². The van der Waals surface area contributed by atoms with Gasteiger partial charge in [0.25, 0.3) is 0 Å². The van der Waals surface area contributed by atoms with Crippen LogP contribution in [0.15, 0.2) is 43.2 Å². The molecule has 0 saturated carbocycles. The van der Waals surface area contributed by atoms with Gasteiger partial charge in [0.05, 0.1) is 11.4 Å². The Hall–Kier alpha value is -2.69. The van der Waals surface area contributed by atoms with Crippen molar-refractivity contribution in [1.82, 2.24) is 24.9 Å². The van der Waals surface area contributed by atoms with Crippen LogP contribution < -0.4 is 0 Å². The van der Waals surface area contributed by atoms with Gasteiger partial charge in [-0.1, -0.05) is 89.2 Å². The van der Waals surface area contributed by atoms with Crippen molar-refractivity contribution in [3.63, 3.8) is 0 Å². The number of rotatable bonds is 6. The molecule has 0 radical (unpaired) electrons. The molecular weight excluding hydrogens is 442 g/mol. The zero-order valence-electron chi connectivity index (χ0n) is 24.7. The lowest BCUT2D eigenvalue weighted by Gasteiger charge is -2.13. The summed E-state index contributed by atoms with van der Waals surface area (Å²) in [5, 5.41) is 0. The molecular formula is C31H49N5. The van der Waals surface area contributed by atoms with E-state index in [2.05, 4.69) is 114 Å². The largest absolute Gasteiger partial charge is 0.261 e. The highest BCUT2D eigenvalue weighted by molar-refractivity contribution is 5.25. The highest BCUT2D eigenvalue weighted by atomic mass is 14.8. The van der Waals surface area contributed by atoms with Crippen molar-refractivity contribution in [2.45, 2.75) is 119 Å². The van der Waals surface area contributed by atoms with Gasteiger partial charge in [0.1, 0.15) is 6.33 Å². The zero-order chi connectivity index (χ0) is 27.4. The Morgan fingerprint density at radius 3 is 1.22 bits per heavy atom. The molecule has 0 unspecified atom stereocenters. The lowest BCUT2D eigenvalue weighted by Crippen LogP contribution is -2.03. The van der Waals surface area contributed by atoms with Gasteiger partial charge in [0.2, 0.25) is 0 Å². The molecule has 0 saturated heterocycles. The van der Waals surface area contributed by atoms with Gasteiger partial charge in [-0.3, -0.25) is 15.0 Å². The molecule has 36 heavy (non-hydrogen) atoms. The van der Waals surface area contributed by atoms with E-state index in [1.165, 1.54) is 22.5 Å². The third-order valence-corrected chi connectivity index (χ3v) is 5.83. The van der Waals surface area contributed by atoms with Crippen LogP contribution in [0.25, 0.3) is 0 Å². The molecule has 0 aliphatic rings. The maximum atomic E-state index is 4.40. The Morgan fingerprint density at radius 2 is 0.861 bits per heavy atom. The molecule has 3 rings (SSSR count). The normalized spacial score (nSPS) is 11.2. The minimum atomic E-state index is 0.469. The Labute approximate surface area is 220 Å². The van der Waals surface area contributed by atoms with Gasteiger partial charge in [0, 0.05) is 36.2 Å². The Balaban J connectivity index is 0.000000270. The van der Waals surface area contributed by atoms with Gasteiger partial charge >= 0.3 is 0 Å². The lowest BCUT2D eigenvalue weighted by molar-refractivity contribution is 0.726. The molecule has 0 amide bonds. The van der Waals surface area contributed by atoms with Crippen molar-refractivity contribution in [3.05, 3.63) is 77.2 Å². The number of hydrogen-bond donors (Lipinski definition) is 0. The van der Waals surface area contributed by atoms with Crippen LogP contribution in [0.4, 0.5) is 0 Å². The van der Waals surface area contributed by atoms with E-state index >= 15 is 0 Å². The molecule has 0 aliphatic heterocycles. The molecule has 0 aromatic carbocycles. The van der Waals surface area contributed by atoms with Crippen molar-refractivity contribution in [2.75, 3.05) is 0 Å².